The zero-order valence-corrected chi connectivity index (χ0v) is 13.1. The van der Waals surface area contributed by atoms with Gasteiger partial charge in [0.1, 0.15) is 0 Å². The van der Waals surface area contributed by atoms with E-state index >= 15 is 0 Å². The summed E-state index contributed by atoms with van der Waals surface area (Å²) in [6, 6.07) is 13.7. The van der Waals surface area contributed by atoms with Crippen LogP contribution in [-0.2, 0) is 5.41 Å². The molecule has 1 heterocycles. The third-order valence-electron chi connectivity index (χ3n) is 3.35. The van der Waals surface area contributed by atoms with E-state index in [4.69, 9.17) is 0 Å². The summed E-state index contributed by atoms with van der Waals surface area (Å²) in [6.07, 6.45) is 0. The molecule has 0 saturated heterocycles. The molecule has 1 N–H and O–H groups in total. The number of hydrogen-bond donors (Lipinski definition) is 1. The van der Waals surface area contributed by atoms with Crippen molar-refractivity contribution < 1.29 is 0 Å². The predicted octanol–water partition coefficient (Wildman–Crippen LogP) is 4.74. The lowest BCUT2D eigenvalue weighted by atomic mass is 9.86. The third-order valence-corrected chi connectivity index (χ3v) is 4.28. The van der Waals surface area contributed by atoms with Crippen molar-refractivity contribution in [3.63, 3.8) is 0 Å². The Morgan fingerprint density at radius 3 is 2.26 bits per heavy atom. The van der Waals surface area contributed by atoms with Crippen LogP contribution in [0.5, 0.6) is 0 Å². The van der Waals surface area contributed by atoms with Crippen molar-refractivity contribution in [2.24, 2.45) is 0 Å². The monoisotopic (exact) mass is 273 g/mol. The zero-order chi connectivity index (χ0) is 13.9. The maximum absolute atomic E-state index is 3.57. The van der Waals surface area contributed by atoms with Gasteiger partial charge >= 0.3 is 0 Å². The fourth-order valence-corrected chi connectivity index (χ4v) is 3.04. The highest BCUT2D eigenvalue weighted by atomic mass is 32.1. The van der Waals surface area contributed by atoms with E-state index in [-0.39, 0.29) is 5.41 Å². The van der Waals surface area contributed by atoms with Gasteiger partial charge < -0.3 is 5.32 Å². The van der Waals surface area contributed by atoms with Crippen molar-refractivity contribution in [1.82, 2.24) is 5.32 Å². The first-order valence-corrected chi connectivity index (χ1v) is 7.77. The lowest BCUT2D eigenvalue weighted by Gasteiger charge is -2.21. The molecule has 0 saturated carbocycles. The first-order valence-electron chi connectivity index (χ1n) is 6.89. The second-order valence-corrected chi connectivity index (χ2v) is 6.86. The molecular formula is C17H23NS. The van der Waals surface area contributed by atoms with Gasteiger partial charge in [-0.1, -0.05) is 58.0 Å². The van der Waals surface area contributed by atoms with Crippen LogP contribution >= 0.6 is 11.3 Å². The van der Waals surface area contributed by atoms with Gasteiger partial charge in [0, 0.05) is 4.88 Å². The SMILES string of the molecule is CCNC(c1ccc(C(C)(C)C)cc1)c1cccs1. The highest BCUT2D eigenvalue weighted by Gasteiger charge is 2.16. The molecule has 0 aliphatic carbocycles. The molecule has 1 atom stereocenters. The van der Waals surface area contributed by atoms with Crippen molar-refractivity contribution in [2.45, 2.75) is 39.2 Å². The third kappa shape index (κ3) is 3.46. The maximum Gasteiger partial charge on any atom is 0.0670 e. The molecule has 0 spiro atoms. The average Bonchev–Trinajstić information content (AvgIpc) is 2.89. The van der Waals surface area contributed by atoms with Crippen LogP contribution in [-0.4, -0.2) is 6.54 Å². The Bertz CT molecular complexity index is 491. The van der Waals surface area contributed by atoms with Gasteiger partial charge in [-0.25, -0.2) is 0 Å². The number of hydrogen-bond acceptors (Lipinski definition) is 2. The molecule has 0 aliphatic rings. The van der Waals surface area contributed by atoms with Crippen LogP contribution in [0.25, 0.3) is 0 Å². The van der Waals surface area contributed by atoms with Gasteiger partial charge in [0.2, 0.25) is 0 Å². The lowest BCUT2D eigenvalue weighted by Crippen LogP contribution is -2.21. The first kappa shape index (κ1) is 14.3. The summed E-state index contributed by atoms with van der Waals surface area (Å²) in [4.78, 5) is 1.38. The molecule has 1 aromatic carbocycles. The van der Waals surface area contributed by atoms with Gasteiger partial charge in [-0.3, -0.25) is 0 Å². The van der Waals surface area contributed by atoms with E-state index in [0.29, 0.717) is 6.04 Å². The van der Waals surface area contributed by atoms with Gasteiger partial charge in [-0.2, -0.15) is 0 Å². The van der Waals surface area contributed by atoms with Gasteiger partial charge in [0.15, 0.2) is 0 Å². The van der Waals surface area contributed by atoms with Crippen LogP contribution in [0.3, 0.4) is 0 Å². The minimum absolute atomic E-state index is 0.217. The quantitative estimate of drug-likeness (QED) is 0.848. The Kier molecular flexibility index (Phi) is 4.43. The Hall–Kier alpha value is -1.12. The summed E-state index contributed by atoms with van der Waals surface area (Å²) in [7, 11) is 0. The molecule has 1 nitrogen and oxygen atoms in total. The van der Waals surface area contributed by atoms with Crippen molar-refractivity contribution in [2.75, 3.05) is 6.54 Å². The van der Waals surface area contributed by atoms with Gasteiger partial charge in [0.05, 0.1) is 6.04 Å². The number of rotatable bonds is 4. The molecule has 2 rings (SSSR count). The molecule has 0 bridgehead atoms. The average molecular weight is 273 g/mol. The fraction of sp³-hybridized carbons (Fsp3) is 0.412. The van der Waals surface area contributed by atoms with Crippen LogP contribution < -0.4 is 5.32 Å². The molecule has 0 amide bonds. The van der Waals surface area contributed by atoms with Crippen molar-refractivity contribution in [3.05, 3.63) is 57.8 Å². The van der Waals surface area contributed by atoms with Crippen LogP contribution in [0, 0.1) is 0 Å². The summed E-state index contributed by atoms with van der Waals surface area (Å²) in [5, 5.41) is 5.71. The molecule has 0 fully saturated rings. The molecular weight excluding hydrogens is 250 g/mol. The molecule has 1 unspecified atom stereocenters. The van der Waals surface area contributed by atoms with Gasteiger partial charge in [0.25, 0.3) is 0 Å². The summed E-state index contributed by atoms with van der Waals surface area (Å²) in [6.45, 7) is 9.89. The van der Waals surface area contributed by atoms with Crippen molar-refractivity contribution in [3.8, 4) is 0 Å². The second-order valence-electron chi connectivity index (χ2n) is 5.88. The standard InChI is InChI=1S/C17H23NS/c1-5-18-16(15-7-6-12-19-15)13-8-10-14(11-9-13)17(2,3)4/h6-12,16,18H,5H2,1-4H3. The summed E-state index contributed by atoms with van der Waals surface area (Å²) in [5.41, 5.74) is 2.95. The van der Waals surface area contributed by atoms with Crippen molar-refractivity contribution >= 4 is 11.3 Å². The normalized spacial score (nSPS) is 13.5. The van der Waals surface area contributed by atoms with E-state index in [1.807, 2.05) is 11.3 Å². The summed E-state index contributed by atoms with van der Waals surface area (Å²) < 4.78 is 0. The van der Waals surface area contributed by atoms with Crippen molar-refractivity contribution in [1.29, 1.82) is 0 Å². The largest absolute Gasteiger partial charge is 0.306 e. The maximum atomic E-state index is 3.57. The highest BCUT2D eigenvalue weighted by molar-refractivity contribution is 7.10. The lowest BCUT2D eigenvalue weighted by molar-refractivity contribution is 0.588. The molecule has 0 aliphatic heterocycles. The topological polar surface area (TPSA) is 12.0 Å². The molecule has 102 valence electrons. The van der Waals surface area contributed by atoms with E-state index in [0.717, 1.165) is 6.54 Å². The zero-order valence-electron chi connectivity index (χ0n) is 12.2. The molecule has 19 heavy (non-hydrogen) atoms. The Morgan fingerprint density at radius 1 is 1.11 bits per heavy atom. The van der Waals surface area contributed by atoms with Crippen LogP contribution in [0.2, 0.25) is 0 Å². The number of nitrogens with one attached hydrogen (secondary N) is 1. The van der Waals surface area contributed by atoms with Gasteiger partial charge in [-0.15, -0.1) is 11.3 Å². The molecule has 0 radical (unpaired) electrons. The number of thiophene rings is 1. The van der Waals surface area contributed by atoms with Crippen LogP contribution in [0.15, 0.2) is 41.8 Å². The Morgan fingerprint density at radius 2 is 1.79 bits per heavy atom. The van der Waals surface area contributed by atoms with Gasteiger partial charge in [-0.05, 0) is 34.5 Å². The van der Waals surface area contributed by atoms with E-state index in [9.17, 15) is 0 Å². The Labute approximate surface area is 120 Å². The molecule has 1 aromatic heterocycles. The fourth-order valence-electron chi connectivity index (χ4n) is 2.22. The van der Waals surface area contributed by atoms with E-state index in [1.165, 1.54) is 16.0 Å². The Balaban J connectivity index is 2.28. The summed E-state index contributed by atoms with van der Waals surface area (Å²) in [5.74, 6) is 0. The van der Waals surface area contributed by atoms with E-state index in [2.05, 4.69) is 74.8 Å². The predicted molar refractivity (Wildman–Crippen MR) is 85.0 cm³/mol. The minimum Gasteiger partial charge on any atom is -0.306 e. The second kappa shape index (κ2) is 5.89. The minimum atomic E-state index is 0.217. The number of benzene rings is 1. The van der Waals surface area contributed by atoms with E-state index < -0.39 is 0 Å². The molecule has 2 heteroatoms. The van der Waals surface area contributed by atoms with Crippen LogP contribution in [0.4, 0.5) is 0 Å². The first-order chi connectivity index (χ1) is 9.02. The molecule has 2 aromatic rings. The van der Waals surface area contributed by atoms with E-state index in [1.54, 1.807) is 0 Å². The van der Waals surface area contributed by atoms with Crippen LogP contribution in [0.1, 0.15) is 49.7 Å². The smallest absolute Gasteiger partial charge is 0.0670 e. The highest BCUT2D eigenvalue weighted by Crippen LogP contribution is 2.28. The summed E-state index contributed by atoms with van der Waals surface area (Å²) >= 11 is 1.81.